The quantitative estimate of drug-likeness (QED) is 0.838. The van der Waals surface area contributed by atoms with E-state index in [0.717, 1.165) is 25.3 Å². The minimum Gasteiger partial charge on any atom is -0.369 e. The van der Waals surface area contributed by atoms with E-state index in [9.17, 15) is 13.2 Å². The standard InChI is InChI=1S/C15H21F3N2/c1-3-11-7-9-20(8-6-10(2)19-11)13-5-4-12(16)14(17)15(13)18/h4-5,10-11,19H,3,6-9H2,1-2H3. The third-order valence-electron chi connectivity index (χ3n) is 3.95. The maximum atomic E-state index is 13.9. The Hall–Kier alpha value is -1.23. The van der Waals surface area contributed by atoms with Gasteiger partial charge in [0.2, 0.25) is 0 Å². The first-order chi connectivity index (χ1) is 9.52. The average Bonchev–Trinajstić information content (AvgIpc) is 2.42. The molecule has 1 N–H and O–H groups in total. The Morgan fingerprint density at radius 3 is 2.55 bits per heavy atom. The van der Waals surface area contributed by atoms with Crippen LogP contribution in [0.3, 0.4) is 0 Å². The number of hydrogen-bond acceptors (Lipinski definition) is 2. The van der Waals surface area contributed by atoms with E-state index in [2.05, 4.69) is 19.2 Å². The number of halogens is 3. The highest BCUT2D eigenvalue weighted by molar-refractivity contribution is 5.48. The first-order valence-corrected chi connectivity index (χ1v) is 7.17. The Labute approximate surface area is 118 Å². The summed E-state index contributed by atoms with van der Waals surface area (Å²) < 4.78 is 40.3. The van der Waals surface area contributed by atoms with Gasteiger partial charge in [-0.05, 0) is 38.3 Å². The Bertz CT molecular complexity index is 465. The van der Waals surface area contributed by atoms with Crippen LogP contribution in [-0.2, 0) is 0 Å². The lowest BCUT2D eigenvalue weighted by molar-refractivity contribution is 0.375. The summed E-state index contributed by atoms with van der Waals surface area (Å²) in [4.78, 5) is 1.82. The van der Waals surface area contributed by atoms with Gasteiger partial charge in [-0.1, -0.05) is 6.92 Å². The van der Waals surface area contributed by atoms with Crippen molar-refractivity contribution in [2.45, 2.75) is 45.2 Å². The molecule has 20 heavy (non-hydrogen) atoms. The van der Waals surface area contributed by atoms with E-state index in [1.165, 1.54) is 6.07 Å². The van der Waals surface area contributed by atoms with Crippen molar-refractivity contribution < 1.29 is 13.2 Å². The lowest BCUT2D eigenvalue weighted by Gasteiger charge is -2.33. The Kier molecular flexibility index (Phi) is 4.91. The molecule has 1 aromatic rings. The van der Waals surface area contributed by atoms with Crippen LogP contribution < -0.4 is 10.2 Å². The van der Waals surface area contributed by atoms with Gasteiger partial charge in [-0.2, -0.15) is 0 Å². The van der Waals surface area contributed by atoms with Crippen molar-refractivity contribution in [3.05, 3.63) is 29.6 Å². The minimum atomic E-state index is -1.39. The van der Waals surface area contributed by atoms with Crippen molar-refractivity contribution in [1.82, 2.24) is 5.32 Å². The van der Waals surface area contributed by atoms with E-state index in [1.807, 2.05) is 4.90 Å². The molecule has 0 spiro atoms. The van der Waals surface area contributed by atoms with Crippen molar-refractivity contribution in [3.8, 4) is 0 Å². The summed E-state index contributed by atoms with van der Waals surface area (Å²) in [5, 5.41) is 3.52. The number of anilines is 1. The molecule has 112 valence electrons. The van der Waals surface area contributed by atoms with Crippen LogP contribution in [0.4, 0.5) is 18.9 Å². The van der Waals surface area contributed by atoms with Crippen molar-refractivity contribution in [1.29, 1.82) is 0 Å². The zero-order valence-electron chi connectivity index (χ0n) is 11.9. The second-order valence-corrected chi connectivity index (χ2v) is 5.43. The predicted octanol–water partition coefficient (Wildman–Crippen LogP) is 3.46. The van der Waals surface area contributed by atoms with Crippen LogP contribution >= 0.6 is 0 Å². The van der Waals surface area contributed by atoms with Gasteiger partial charge in [-0.25, -0.2) is 13.2 Å². The van der Waals surface area contributed by atoms with Gasteiger partial charge in [-0.15, -0.1) is 0 Å². The van der Waals surface area contributed by atoms with E-state index in [-0.39, 0.29) is 5.69 Å². The molecule has 0 bridgehead atoms. The molecule has 1 heterocycles. The molecule has 2 nitrogen and oxygen atoms in total. The van der Waals surface area contributed by atoms with Crippen LogP contribution in [0.2, 0.25) is 0 Å². The van der Waals surface area contributed by atoms with Gasteiger partial charge in [0, 0.05) is 25.2 Å². The Balaban J connectivity index is 2.20. The first kappa shape index (κ1) is 15.2. The van der Waals surface area contributed by atoms with Crippen molar-refractivity contribution in [2.24, 2.45) is 0 Å². The molecule has 2 atom stereocenters. The summed E-state index contributed by atoms with van der Waals surface area (Å²) in [5.74, 6) is -3.61. The van der Waals surface area contributed by atoms with Crippen LogP contribution in [-0.4, -0.2) is 25.2 Å². The summed E-state index contributed by atoms with van der Waals surface area (Å²) in [6.45, 7) is 5.47. The number of rotatable bonds is 2. The van der Waals surface area contributed by atoms with E-state index in [0.29, 0.717) is 25.2 Å². The smallest absolute Gasteiger partial charge is 0.196 e. The number of nitrogens with one attached hydrogen (secondary N) is 1. The van der Waals surface area contributed by atoms with Gasteiger partial charge in [0.15, 0.2) is 17.5 Å². The van der Waals surface area contributed by atoms with Crippen molar-refractivity contribution in [2.75, 3.05) is 18.0 Å². The van der Waals surface area contributed by atoms with Crippen molar-refractivity contribution >= 4 is 5.69 Å². The van der Waals surface area contributed by atoms with E-state index < -0.39 is 17.5 Å². The molecule has 0 saturated carbocycles. The van der Waals surface area contributed by atoms with Gasteiger partial charge in [-0.3, -0.25) is 0 Å². The molecule has 0 amide bonds. The summed E-state index contributed by atoms with van der Waals surface area (Å²) in [5.41, 5.74) is 0.160. The normalized spacial score (nSPS) is 24.4. The maximum absolute atomic E-state index is 13.9. The monoisotopic (exact) mass is 286 g/mol. The van der Waals surface area contributed by atoms with Crippen molar-refractivity contribution in [3.63, 3.8) is 0 Å². The molecular weight excluding hydrogens is 265 g/mol. The van der Waals surface area contributed by atoms with E-state index >= 15 is 0 Å². The highest BCUT2D eigenvalue weighted by atomic mass is 19.2. The molecular formula is C15H21F3N2. The lowest BCUT2D eigenvalue weighted by Crippen LogP contribution is -2.44. The lowest BCUT2D eigenvalue weighted by atomic mass is 10.0. The highest BCUT2D eigenvalue weighted by Crippen LogP contribution is 2.25. The topological polar surface area (TPSA) is 15.3 Å². The SMILES string of the molecule is CCC1CCN(c2ccc(F)c(F)c2F)CCC(C)N1. The van der Waals surface area contributed by atoms with Crippen LogP contribution in [0.1, 0.15) is 33.1 Å². The molecule has 1 saturated heterocycles. The van der Waals surface area contributed by atoms with Gasteiger partial charge in [0.05, 0.1) is 5.69 Å². The number of nitrogens with zero attached hydrogens (tertiary/aromatic N) is 1. The zero-order chi connectivity index (χ0) is 14.7. The van der Waals surface area contributed by atoms with Gasteiger partial charge < -0.3 is 10.2 Å². The second-order valence-electron chi connectivity index (χ2n) is 5.43. The minimum absolute atomic E-state index is 0.160. The largest absolute Gasteiger partial charge is 0.369 e. The van der Waals surface area contributed by atoms with Crippen LogP contribution in [0.15, 0.2) is 12.1 Å². The second kappa shape index (κ2) is 6.48. The molecule has 5 heteroatoms. The van der Waals surface area contributed by atoms with E-state index in [1.54, 1.807) is 0 Å². The number of hydrogen-bond donors (Lipinski definition) is 1. The van der Waals surface area contributed by atoms with Crippen LogP contribution in [0.25, 0.3) is 0 Å². The molecule has 1 fully saturated rings. The molecule has 0 radical (unpaired) electrons. The maximum Gasteiger partial charge on any atom is 0.196 e. The Morgan fingerprint density at radius 1 is 1.15 bits per heavy atom. The fourth-order valence-electron chi connectivity index (χ4n) is 2.66. The first-order valence-electron chi connectivity index (χ1n) is 7.17. The summed E-state index contributed by atoms with van der Waals surface area (Å²) in [6.07, 6.45) is 2.70. The van der Waals surface area contributed by atoms with E-state index in [4.69, 9.17) is 0 Å². The third-order valence-corrected chi connectivity index (χ3v) is 3.95. The van der Waals surface area contributed by atoms with Gasteiger partial charge in [0.1, 0.15) is 0 Å². The predicted molar refractivity (Wildman–Crippen MR) is 74.4 cm³/mol. The van der Waals surface area contributed by atoms with Gasteiger partial charge >= 0.3 is 0 Å². The highest BCUT2D eigenvalue weighted by Gasteiger charge is 2.22. The fourth-order valence-corrected chi connectivity index (χ4v) is 2.66. The molecule has 1 aliphatic rings. The summed E-state index contributed by atoms with van der Waals surface area (Å²) >= 11 is 0. The molecule has 1 aromatic carbocycles. The molecule has 1 aliphatic heterocycles. The zero-order valence-corrected chi connectivity index (χ0v) is 11.9. The van der Waals surface area contributed by atoms with Gasteiger partial charge in [0.25, 0.3) is 0 Å². The summed E-state index contributed by atoms with van der Waals surface area (Å²) in [7, 11) is 0. The van der Waals surface area contributed by atoms with Crippen LogP contribution in [0, 0.1) is 17.5 Å². The number of benzene rings is 1. The molecule has 0 aliphatic carbocycles. The molecule has 2 unspecified atom stereocenters. The average molecular weight is 286 g/mol. The van der Waals surface area contributed by atoms with Crippen LogP contribution in [0.5, 0.6) is 0 Å². The molecule has 0 aromatic heterocycles. The Morgan fingerprint density at radius 2 is 1.85 bits per heavy atom. The summed E-state index contributed by atoms with van der Waals surface area (Å²) in [6, 6.07) is 3.03. The third kappa shape index (κ3) is 3.26. The molecule has 2 rings (SSSR count). The fraction of sp³-hybridized carbons (Fsp3) is 0.600.